The molecule has 16 heavy (non-hydrogen) atoms. The van der Waals surface area contributed by atoms with Gasteiger partial charge >= 0.3 is 0 Å². The van der Waals surface area contributed by atoms with Crippen molar-refractivity contribution in [1.82, 2.24) is 10.1 Å². The predicted octanol–water partition coefficient (Wildman–Crippen LogP) is 2.91. The average Bonchev–Trinajstić information content (AvgIpc) is 2.65. The van der Waals surface area contributed by atoms with Crippen molar-refractivity contribution < 1.29 is 4.52 Å². The van der Waals surface area contributed by atoms with E-state index in [2.05, 4.69) is 17.1 Å². The van der Waals surface area contributed by atoms with Crippen molar-refractivity contribution >= 4 is 0 Å². The molecule has 0 aliphatic carbocycles. The second-order valence-corrected chi connectivity index (χ2v) is 4.72. The maximum Gasteiger partial charge on any atom is 0.223 e. The number of nitrogens with two attached hydrogens (primary N) is 1. The van der Waals surface area contributed by atoms with Crippen LogP contribution in [0.1, 0.15) is 64.1 Å². The fraction of sp³-hybridized carbons (Fsp3) is 0.833. The van der Waals surface area contributed by atoms with Gasteiger partial charge in [0.15, 0.2) is 5.82 Å². The van der Waals surface area contributed by atoms with Crippen LogP contribution in [0, 0.1) is 6.92 Å². The maximum atomic E-state index is 6.18. The van der Waals surface area contributed by atoms with Crippen molar-refractivity contribution in [3.05, 3.63) is 11.7 Å². The van der Waals surface area contributed by atoms with Crippen molar-refractivity contribution in [1.29, 1.82) is 0 Å². The van der Waals surface area contributed by atoms with Gasteiger partial charge in [0.1, 0.15) is 0 Å². The second kappa shape index (κ2) is 5.99. The van der Waals surface area contributed by atoms with Gasteiger partial charge in [0.25, 0.3) is 0 Å². The monoisotopic (exact) mass is 225 g/mol. The molecule has 92 valence electrons. The molecule has 1 rings (SSSR count). The lowest BCUT2D eigenvalue weighted by Crippen LogP contribution is -2.34. The van der Waals surface area contributed by atoms with E-state index in [1.165, 1.54) is 25.7 Å². The van der Waals surface area contributed by atoms with Gasteiger partial charge in [0, 0.05) is 6.92 Å². The van der Waals surface area contributed by atoms with Crippen LogP contribution in [0.2, 0.25) is 0 Å². The van der Waals surface area contributed by atoms with Crippen LogP contribution < -0.4 is 5.73 Å². The van der Waals surface area contributed by atoms with Gasteiger partial charge in [0.2, 0.25) is 5.89 Å². The third-order valence-electron chi connectivity index (χ3n) is 2.84. The minimum Gasteiger partial charge on any atom is -0.340 e. The topological polar surface area (TPSA) is 64.9 Å². The molecule has 0 aliphatic rings. The zero-order valence-electron chi connectivity index (χ0n) is 10.6. The summed E-state index contributed by atoms with van der Waals surface area (Å²) in [4.78, 5) is 4.19. The van der Waals surface area contributed by atoms with Crippen LogP contribution in [0.4, 0.5) is 0 Å². The first-order valence-electron chi connectivity index (χ1n) is 6.16. The lowest BCUT2D eigenvalue weighted by molar-refractivity contribution is 0.349. The van der Waals surface area contributed by atoms with Crippen LogP contribution in [0.15, 0.2) is 4.52 Å². The van der Waals surface area contributed by atoms with E-state index >= 15 is 0 Å². The van der Waals surface area contributed by atoms with Gasteiger partial charge in [-0.25, -0.2) is 0 Å². The molecule has 0 radical (unpaired) electrons. The summed E-state index contributed by atoms with van der Waals surface area (Å²) in [6, 6.07) is 0. The number of rotatable bonds is 7. The minimum atomic E-state index is -0.454. The molecule has 0 fully saturated rings. The molecule has 4 heteroatoms. The quantitative estimate of drug-likeness (QED) is 0.725. The fourth-order valence-electron chi connectivity index (χ4n) is 1.74. The molecule has 1 aromatic rings. The molecule has 1 aromatic heterocycles. The van der Waals surface area contributed by atoms with Crippen molar-refractivity contribution in [3.8, 4) is 0 Å². The van der Waals surface area contributed by atoms with Crippen molar-refractivity contribution in [3.63, 3.8) is 0 Å². The summed E-state index contributed by atoms with van der Waals surface area (Å²) >= 11 is 0. The molecule has 4 nitrogen and oxygen atoms in total. The zero-order chi connectivity index (χ0) is 12.0. The summed E-state index contributed by atoms with van der Waals surface area (Å²) in [5.74, 6) is 1.21. The van der Waals surface area contributed by atoms with E-state index in [1.54, 1.807) is 6.92 Å². The number of hydrogen-bond donors (Lipinski definition) is 1. The van der Waals surface area contributed by atoms with Gasteiger partial charge in [-0.05, 0) is 13.3 Å². The Morgan fingerprint density at radius 3 is 2.50 bits per heavy atom. The molecule has 0 bridgehead atoms. The Balaban J connectivity index is 2.34. The second-order valence-electron chi connectivity index (χ2n) is 4.72. The first kappa shape index (κ1) is 13.2. The predicted molar refractivity (Wildman–Crippen MR) is 64.0 cm³/mol. The highest BCUT2D eigenvalue weighted by Gasteiger charge is 2.26. The van der Waals surface area contributed by atoms with E-state index < -0.39 is 5.54 Å². The largest absolute Gasteiger partial charge is 0.340 e. The van der Waals surface area contributed by atoms with Crippen LogP contribution in [0.5, 0.6) is 0 Å². The van der Waals surface area contributed by atoms with E-state index in [0.29, 0.717) is 11.7 Å². The SMILES string of the molecule is CCCCCCCC(C)(N)c1noc(C)n1. The van der Waals surface area contributed by atoms with Crippen LogP contribution in [-0.2, 0) is 5.54 Å². The third-order valence-corrected chi connectivity index (χ3v) is 2.84. The Morgan fingerprint density at radius 2 is 1.94 bits per heavy atom. The summed E-state index contributed by atoms with van der Waals surface area (Å²) < 4.78 is 4.95. The Labute approximate surface area is 97.6 Å². The summed E-state index contributed by atoms with van der Waals surface area (Å²) in [7, 11) is 0. The van der Waals surface area contributed by atoms with Gasteiger partial charge in [-0.3, -0.25) is 0 Å². The molecule has 0 aliphatic heterocycles. The highest BCUT2D eigenvalue weighted by atomic mass is 16.5. The molecule has 0 amide bonds. The van der Waals surface area contributed by atoms with Gasteiger partial charge in [-0.2, -0.15) is 4.98 Å². The molecule has 1 heterocycles. The molecular weight excluding hydrogens is 202 g/mol. The highest BCUT2D eigenvalue weighted by molar-refractivity contribution is 5.00. The molecule has 0 saturated heterocycles. The fourth-order valence-corrected chi connectivity index (χ4v) is 1.74. The number of unbranched alkanes of at least 4 members (excludes halogenated alkanes) is 4. The highest BCUT2D eigenvalue weighted by Crippen LogP contribution is 2.22. The molecular formula is C12H23N3O. The van der Waals surface area contributed by atoms with Gasteiger partial charge < -0.3 is 10.3 Å². The zero-order valence-corrected chi connectivity index (χ0v) is 10.6. The van der Waals surface area contributed by atoms with Gasteiger partial charge in [-0.1, -0.05) is 44.2 Å². The Bertz CT molecular complexity index is 307. The average molecular weight is 225 g/mol. The Morgan fingerprint density at radius 1 is 1.25 bits per heavy atom. The normalized spacial score (nSPS) is 15.0. The van der Waals surface area contributed by atoms with Crippen LogP contribution >= 0.6 is 0 Å². The summed E-state index contributed by atoms with van der Waals surface area (Å²) in [6.45, 7) is 5.97. The minimum absolute atomic E-state index is 0.454. The lowest BCUT2D eigenvalue weighted by Gasteiger charge is -2.19. The van der Waals surface area contributed by atoms with E-state index in [0.717, 1.165) is 12.8 Å². The molecule has 1 unspecified atom stereocenters. The van der Waals surface area contributed by atoms with Crippen molar-refractivity contribution in [2.75, 3.05) is 0 Å². The molecule has 0 spiro atoms. The Hall–Kier alpha value is -0.900. The third kappa shape index (κ3) is 3.93. The van der Waals surface area contributed by atoms with E-state index in [9.17, 15) is 0 Å². The van der Waals surface area contributed by atoms with E-state index in [4.69, 9.17) is 10.3 Å². The maximum absolute atomic E-state index is 6.18. The molecule has 0 aromatic carbocycles. The number of aryl methyl sites for hydroxylation is 1. The van der Waals surface area contributed by atoms with Crippen LogP contribution in [0.3, 0.4) is 0 Å². The van der Waals surface area contributed by atoms with Crippen molar-refractivity contribution in [2.45, 2.75) is 64.8 Å². The first-order chi connectivity index (χ1) is 7.56. The standard InChI is InChI=1S/C12H23N3O/c1-4-5-6-7-8-9-12(3,13)11-14-10(2)16-15-11/h4-9,13H2,1-3H3. The molecule has 2 N–H and O–H groups in total. The number of nitrogens with zero attached hydrogens (tertiary/aromatic N) is 2. The summed E-state index contributed by atoms with van der Waals surface area (Å²) in [5, 5.41) is 3.89. The van der Waals surface area contributed by atoms with Crippen molar-refractivity contribution in [2.24, 2.45) is 5.73 Å². The van der Waals surface area contributed by atoms with Gasteiger partial charge in [-0.15, -0.1) is 0 Å². The number of aromatic nitrogens is 2. The molecule has 0 saturated carbocycles. The van der Waals surface area contributed by atoms with E-state index in [-0.39, 0.29) is 0 Å². The Kier molecular flexibility index (Phi) is 4.93. The lowest BCUT2D eigenvalue weighted by atomic mass is 9.94. The van der Waals surface area contributed by atoms with Crippen LogP contribution in [-0.4, -0.2) is 10.1 Å². The summed E-state index contributed by atoms with van der Waals surface area (Å²) in [6.07, 6.45) is 7.14. The first-order valence-corrected chi connectivity index (χ1v) is 6.16. The molecule has 1 atom stereocenters. The smallest absolute Gasteiger partial charge is 0.223 e. The summed E-state index contributed by atoms with van der Waals surface area (Å²) in [5.41, 5.74) is 5.73. The van der Waals surface area contributed by atoms with Gasteiger partial charge in [0.05, 0.1) is 5.54 Å². The number of hydrogen-bond acceptors (Lipinski definition) is 4. The van der Waals surface area contributed by atoms with E-state index in [1.807, 2.05) is 6.92 Å². The van der Waals surface area contributed by atoms with Crippen LogP contribution in [0.25, 0.3) is 0 Å².